The molecule has 86 valence electrons. The Kier molecular flexibility index (Phi) is 3.68. The summed E-state index contributed by atoms with van der Waals surface area (Å²) in [6, 6.07) is -0.286. The van der Waals surface area contributed by atoms with E-state index in [0.717, 1.165) is 19.4 Å². The van der Waals surface area contributed by atoms with Crippen molar-refractivity contribution in [2.45, 2.75) is 32.7 Å². The summed E-state index contributed by atoms with van der Waals surface area (Å²) in [4.78, 5) is 22.0. The van der Waals surface area contributed by atoms with E-state index in [9.17, 15) is 9.59 Å². The molecule has 0 aromatic rings. The molecule has 3 N–H and O–H groups in total. The van der Waals surface area contributed by atoms with Gasteiger partial charge >= 0.3 is 5.97 Å². The second-order valence-electron chi connectivity index (χ2n) is 4.59. The lowest BCUT2D eigenvalue weighted by Crippen LogP contribution is -2.56. The second kappa shape index (κ2) is 4.61. The summed E-state index contributed by atoms with van der Waals surface area (Å²) >= 11 is 0. The molecule has 0 aromatic heterocycles. The lowest BCUT2D eigenvalue weighted by molar-refractivity contribution is -0.139. The van der Waals surface area contributed by atoms with Crippen molar-refractivity contribution < 1.29 is 14.7 Å². The Morgan fingerprint density at radius 1 is 1.53 bits per heavy atom. The summed E-state index contributed by atoms with van der Waals surface area (Å²) in [5.41, 5.74) is -0.110. The molecule has 5 heteroatoms. The monoisotopic (exact) mass is 214 g/mol. The van der Waals surface area contributed by atoms with Gasteiger partial charge in [0.05, 0.1) is 6.04 Å². The minimum Gasteiger partial charge on any atom is -0.480 e. The molecule has 0 saturated carbocycles. The van der Waals surface area contributed by atoms with E-state index in [-0.39, 0.29) is 23.9 Å². The Balaban J connectivity index is 2.53. The van der Waals surface area contributed by atoms with E-state index < -0.39 is 5.97 Å². The van der Waals surface area contributed by atoms with Gasteiger partial charge in [-0.3, -0.25) is 9.59 Å². The van der Waals surface area contributed by atoms with Crippen molar-refractivity contribution in [2.75, 3.05) is 13.1 Å². The molecule has 1 aliphatic heterocycles. The molecule has 1 heterocycles. The molecule has 15 heavy (non-hydrogen) atoms. The van der Waals surface area contributed by atoms with Crippen LogP contribution in [0.3, 0.4) is 0 Å². The van der Waals surface area contributed by atoms with E-state index in [0.29, 0.717) is 0 Å². The maximum absolute atomic E-state index is 11.7. The third-order valence-corrected chi connectivity index (χ3v) is 2.80. The first kappa shape index (κ1) is 12.0. The third kappa shape index (κ3) is 3.20. The topological polar surface area (TPSA) is 78.4 Å². The maximum Gasteiger partial charge on any atom is 0.322 e. The van der Waals surface area contributed by atoms with Crippen molar-refractivity contribution in [3.8, 4) is 0 Å². The molecule has 1 aliphatic rings. The van der Waals surface area contributed by atoms with E-state index in [1.54, 1.807) is 0 Å². The molecule has 0 bridgehead atoms. The fraction of sp³-hybridized carbons (Fsp3) is 0.800. The first-order valence-corrected chi connectivity index (χ1v) is 5.16. The number of nitrogens with one attached hydrogen (secondary N) is 2. The van der Waals surface area contributed by atoms with E-state index >= 15 is 0 Å². The molecule has 1 rings (SSSR count). The number of carbonyl (C=O) groups excluding carboxylic acids is 1. The number of rotatable bonds is 3. The highest BCUT2D eigenvalue weighted by Crippen LogP contribution is 2.29. The van der Waals surface area contributed by atoms with Crippen molar-refractivity contribution in [3.63, 3.8) is 0 Å². The summed E-state index contributed by atoms with van der Waals surface area (Å²) in [6.45, 7) is 4.54. The Morgan fingerprint density at radius 2 is 2.20 bits per heavy atom. The summed E-state index contributed by atoms with van der Waals surface area (Å²) in [7, 11) is 0. The Labute approximate surface area is 89.2 Å². The molecule has 1 amide bonds. The minimum absolute atomic E-state index is 0.110. The minimum atomic E-state index is -1.02. The Hall–Kier alpha value is -1.10. The van der Waals surface area contributed by atoms with Crippen LogP contribution < -0.4 is 10.6 Å². The predicted molar refractivity (Wildman–Crippen MR) is 55.5 cm³/mol. The van der Waals surface area contributed by atoms with Gasteiger partial charge in [0.25, 0.3) is 0 Å². The first-order valence-electron chi connectivity index (χ1n) is 5.16. The standard InChI is InChI=1S/C10H18N2O3/c1-10(2)4-3-5-11-8(10)9(15)12-6-7(13)14/h8,11H,3-6H2,1-2H3,(H,12,15)(H,13,14). The first-order chi connectivity index (χ1) is 6.93. The highest BCUT2D eigenvalue weighted by atomic mass is 16.4. The van der Waals surface area contributed by atoms with Gasteiger partial charge in [0.2, 0.25) is 5.91 Å². The van der Waals surface area contributed by atoms with Crippen LogP contribution in [-0.2, 0) is 9.59 Å². The largest absolute Gasteiger partial charge is 0.480 e. The molecule has 0 radical (unpaired) electrons. The smallest absolute Gasteiger partial charge is 0.322 e. The molecule has 0 aromatic carbocycles. The Morgan fingerprint density at radius 3 is 2.73 bits per heavy atom. The molecule has 0 aliphatic carbocycles. The third-order valence-electron chi connectivity index (χ3n) is 2.80. The number of hydrogen-bond acceptors (Lipinski definition) is 3. The molecule has 1 fully saturated rings. The molecule has 0 spiro atoms. The fourth-order valence-corrected chi connectivity index (χ4v) is 1.92. The van der Waals surface area contributed by atoms with E-state index in [4.69, 9.17) is 5.11 Å². The van der Waals surface area contributed by atoms with Crippen molar-refractivity contribution in [2.24, 2.45) is 5.41 Å². The highest BCUT2D eigenvalue weighted by Gasteiger charge is 2.36. The number of piperidine rings is 1. The quantitative estimate of drug-likeness (QED) is 0.616. The van der Waals surface area contributed by atoms with Crippen LogP contribution in [0.4, 0.5) is 0 Å². The average Bonchev–Trinajstić information content (AvgIpc) is 2.13. The van der Waals surface area contributed by atoms with Gasteiger partial charge in [-0.15, -0.1) is 0 Å². The van der Waals surface area contributed by atoms with Crippen LogP contribution in [0.25, 0.3) is 0 Å². The van der Waals surface area contributed by atoms with Crippen LogP contribution >= 0.6 is 0 Å². The van der Waals surface area contributed by atoms with E-state index in [1.807, 2.05) is 13.8 Å². The van der Waals surface area contributed by atoms with Crippen molar-refractivity contribution in [1.82, 2.24) is 10.6 Å². The van der Waals surface area contributed by atoms with Gasteiger partial charge < -0.3 is 15.7 Å². The molecular formula is C10H18N2O3. The zero-order chi connectivity index (χ0) is 11.5. The van der Waals surface area contributed by atoms with E-state index in [1.165, 1.54) is 0 Å². The number of aliphatic carboxylic acids is 1. The average molecular weight is 214 g/mol. The summed E-state index contributed by atoms with van der Waals surface area (Å²) < 4.78 is 0. The molecule has 1 atom stereocenters. The number of carboxylic acids is 1. The summed E-state index contributed by atoms with van der Waals surface area (Å²) in [5.74, 6) is -1.24. The van der Waals surface area contributed by atoms with Gasteiger partial charge in [-0.25, -0.2) is 0 Å². The predicted octanol–water partition coefficient (Wildman–Crippen LogP) is -0.0346. The van der Waals surface area contributed by atoms with Crippen molar-refractivity contribution >= 4 is 11.9 Å². The lowest BCUT2D eigenvalue weighted by Gasteiger charge is -2.38. The van der Waals surface area contributed by atoms with Gasteiger partial charge in [0.1, 0.15) is 6.54 Å². The maximum atomic E-state index is 11.7. The van der Waals surface area contributed by atoms with Gasteiger partial charge in [-0.05, 0) is 24.8 Å². The summed E-state index contributed by atoms with van der Waals surface area (Å²) in [5, 5.41) is 14.0. The van der Waals surface area contributed by atoms with Gasteiger partial charge in [-0.2, -0.15) is 0 Å². The zero-order valence-electron chi connectivity index (χ0n) is 9.17. The Bertz CT molecular complexity index is 263. The van der Waals surface area contributed by atoms with Gasteiger partial charge in [0, 0.05) is 0 Å². The zero-order valence-corrected chi connectivity index (χ0v) is 9.17. The van der Waals surface area contributed by atoms with Crippen LogP contribution in [-0.4, -0.2) is 36.1 Å². The van der Waals surface area contributed by atoms with Crippen molar-refractivity contribution in [3.05, 3.63) is 0 Å². The normalized spacial score (nSPS) is 24.5. The van der Waals surface area contributed by atoms with E-state index in [2.05, 4.69) is 10.6 Å². The van der Waals surface area contributed by atoms with Crippen LogP contribution in [0.15, 0.2) is 0 Å². The molecule has 1 unspecified atom stereocenters. The van der Waals surface area contributed by atoms with Gasteiger partial charge in [0.15, 0.2) is 0 Å². The van der Waals surface area contributed by atoms with Gasteiger partial charge in [-0.1, -0.05) is 13.8 Å². The van der Waals surface area contributed by atoms with Crippen LogP contribution in [0.1, 0.15) is 26.7 Å². The number of carboxylic acid groups (broad SMARTS) is 1. The molecule has 1 saturated heterocycles. The molecule has 5 nitrogen and oxygen atoms in total. The van der Waals surface area contributed by atoms with Crippen LogP contribution in [0, 0.1) is 5.41 Å². The lowest BCUT2D eigenvalue weighted by atomic mass is 9.77. The second-order valence-corrected chi connectivity index (χ2v) is 4.59. The summed E-state index contributed by atoms with van der Waals surface area (Å²) in [6.07, 6.45) is 2.03. The molecular weight excluding hydrogens is 196 g/mol. The number of amides is 1. The van der Waals surface area contributed by atoms with Crippen molar-refractivity contribution in [1.29, 1.82) is 0 Å². The SMILES string of the molecule is CC1(C)CCCNC1C(=O)NCC(=O)O. The van der Waals surface area contributed by atoms with Crippen LogP contribution in [0.5, 0.6) is 0 Å². The fourth-order valence-electron chi connectivity index (χ4n) is 1.92. The number of hydrogen-bond donors (Lipinski definition) is 3. The number of carbonyl (C=O) groups is 2. The van der Waals surface area contributed by atoms with Crippen LogP contribution in [0.2, 0.25) is 0 Å². The highest BCUT2D eigenvalue weighted by molar-refractivity contribution is 5.85.